The number of carbonyl (C=O) groups is 2. The van der Waals surface area contributed by atoms with Crippen LogP contribution in [-0.2, 0) is 29.0 Å². The van der Waals surface area contributed by atoms with Crippen LogP contribution in [0.1, 0.15) is 30.7 Å². The first-order chi connectivity index (χ1) is 16.6. The molecule has 2 aromatic carbocycles. The van der Waals surface area contributed by atoms with E-state index in [9.17, 15) is 9.59 Å². The number of rotatable bonds is 14. The van der Waals surface area contributed by atoms with Crippen molar-refractivity contribution in [3.05, 3.63) is 91.3 Å². The Balaban J connectivity index is 1.52. The lowest BCUT2D eigenvalue weighted by atomic mass is 10.1. The molecule has 0 aliphatic heterocycles. The van der Waals surface area contributed by atoms with Crippen LogP contribution in [0.4, 0.5) is 0 Å². The van der Waals surface area contributed by atoms with Gasteiger partial charge >= 0.3 is 0 Å². The molecule has 2 amide bonds. The van der Waals surface area contributed by atoms with E-state index < -0.39 is 0 Å². The number of amides is 2. The number of aromatic nitrogens is 2. The molecule has 0 atom stereocenters. The van der Waals surface area contributed by atoms with Crippen LogP contribution in [0.5, 0.6) is 0 Å². The highest BCUT2D eigenvalue weighted by molar-refractivity contribution is 5.81. The molecule has 0 unspecified atom stereocenters. The maximum absolute atomic E-state index is 12.9. The number of para-hydroxylation sites is 2. The minimum absolute atomic E-state index is 0.0188. The van der Waals surface area contributed by atoms with Crippen molar-refractivity contribution in [3.63, 3.8) is 0 Å². The van der Waals surface area contributed by atoms with E-state index in [1.165, 1.54) is 0 Å². The average molecular weight is 459 g/mol. The van der Waals surface area contributed by atoms with Gasteiger partial charge in [0.15, 0.2) is 0 Å². The molecule has 178 valence electrons. The highest BCUT2D eigenvalue weighted by Crippen LogP contribution is 2.18. The Kier molecular flexibility index (Phi) is 9.65. The van der Waals surface area contributed by atoms with Gasteiger partial charge in [-0.15, -0.1) is 13.2 Å². The fourth-order valence-electron chi connectivity index (χ4n) is 3.97. The van der Waals surface area contributed by atoms with Crippen LogP contribution in [0.3, 0.4) is 0 Å². The van der Waals surface area contributed by atoms with E-state index in [1.54, 1.807) is 17.1 Å². The summed E-state index contributed by atoms with van der Waals surface area (Å²) in [6.45, 7) is 9.39. The van der Waals surface area contributed by atoms with Crippen molar-refractivity contribution in [2.24, 2.45) is 0 Å². The van der Waals surface area contributed by atoms with Gasteiger partial charge in [0, 0.05) is 26.1 Å². The standard InChI is InChI=1S/C28H34N4O2/c1-3-19-31(20-4-2)28(34)22-32-25-16-11-10-15-24(25)30-26(32)17-9-6-12-18-29-27(33)21-23-13-7-5-8-14-23/h3-5,7-8,10-11,13-16H,1-2,6,9,12,17-22H2,(H,29,33). The van der Waals surface area contributed by atoms with Gasteiger partial charge in [-0.3, -0.25) is 9.59 Å². The summed E-state index contributed by atoms with van der Waals surface area (Å²) in [6.07, 6.45) is 7.47. The van der Waals surface area contributed by atoms with Crippen LogP contribution in [-0.4, -0.2) is 45.9 Å². The van der Waals surface area contributed by atoms with E-state index >= 15 is 0 Å². The topological polar surface area (TPSA) is 67.2 Å². The molecular formula is C28H34N4O2. The Bertz CT molecular complexity index is 1090. The number of benzene rings is 2. The molecule has 0 fully saturated rings. The number of carbonyl (C=O) groups excluding carboxylic acids is 2. The lowest BCUT2D eigenvalue weighted by molar-refractivity contribution is -0.130. The minimum atomic E-state index is 0.0188. The highest BCUT2D eigenvalue weighted by Gasteiger charge is 2.17. The number of aryl methyl sites for hydroxylation is 1. The smallest absolute Gasteiger partial charge is 0.243 e. The third-order valence-electron chi connectivity index (χ3n) is 5.69. The lowest BCUT2D eigenvalue weighted by Gasteiger charge is -2.20. The summed E-state index contributed by atoms with van der Waals surface area (Å²) in [6, 6.07) is 17.7. The molecule has 1 heterocycles. The van der Waals surface area contributed by atoms with Crippen LogP contribution < -0.4 is 5.32 Å². The molecule has 1 N–H and O–H groups in total. The third kappa shape index (κ3) is 7.17. The van der Waals surface area contributed by atoms with E-state index in [1.807, 2.05) is 59.2 Å². The number of nitrogens with zero attached hydrogens (tertiary/aromatic N) is 3. The molecule has 0 saturated carbocycles. The Morgan fingerprint density at radius 2 is 1.65 bits per heavy atom. The third-order valence-corrected chi connectivity index (χ3v) is 5.69. The monoisotopic (exact) mass is 458 g/mol. The lowest BCUT2D eigenvalue weighted by Crippen LogP contribution is -2.34. The molecule has 6 heteroatoms. The second-order valence-electron chi connectivity index (χ2n) is 8.30. The molecule has 3 rings (SSSR count). The number of hydrogen-bond donors (Lipinski definition) is 1. The van der Waals surface area contributed by atoms with Gasteiger partial charge in [-0.25, -0.2) is 4.98 Å². The maximum Gasteiger partial charge on any atom is 0.243 e. The number of nitrogens with one attached hydrogen (secondary N) is 1. The predicted octanol–water partition coefficient (Wildman–Crippen LogP) is 4.31. The zero-order valence-corrected chi connectivity index (χ0v) is 19.8. The van der Waals surface area contributed by atoms with E-state index in [4.69, 9.17) is 4.98 Å². The van der Waals surface area contributed by atoms with Gasteiger partial charge < -0.3 is 14.8 Å². The van der Waals surface area contributed by atoms with Gasteiger partial charge in [0.2, 0.25) is 11.8 Å². The molecule has 0 radical (unpaired) electrons. The molecule has 0 bridgehead atoms. The summed E-state index contributed by atoms with van der Waals surface area (Å²) < 4.78 is 2.03. The van der Waals surface area contributed by atoms with Gasteiger partial charge in [-0.1, -0.05) is 61.0 Å². The fourth-order valence-corrected chi connectivity index (χ4v) is 3.97. The SMILES string of the molecule is C=CCN(CC=C)C(=O)Cn1c(CCCCCNC(=O)Cc2ccccc2)nc2ccccc21. The van der Waals surface area contributed by atoms with E-state index in [0.29, 0.717) is 26.1 Å². The van der Waals surface area contributed by atoms with Crippen molar-refractivity contribution >= 4 is 22.8 Å². The molecule has 0 spiro atoms. The molecule has 1 aromatic heterocycles. The Hall–Kier alpha value is -3.67. The zero-order chi connectivity index (χ0) is 24.2. The molecule has 6 nitrogen and oxygen atoms in total. The molecule has 0 aliphatic carbocycles. The van der Waals surface area contributed by atoms with E-state index in [0.717, 1.165) is 48.1 Å². The zero-order valence-electron chi connectivity index (χ0n) is 19.8. The average Bonchev–Trinajstić information content (AvgIpc) is 3.19. The normalized spacial score (nSPS) is 10.7. The van der Waals surface area contributed by atoms with E-state index in [2.05, 4.69) is 18.5 Å². The molecule has 3 aromatic rings. The summed E-state index contributed by atoms with van der Waals surface area (Å²) in [5.74, 6) is 0.986. The van der Waals surface area contributed by atoms with Gasteiger partial charge in [-0.05, 0) is 30.5 Å². The first-order valence-electron chi connectivity index (χ1n) is 11.9. The summed E-state index contributed by atoms with van der Waals surface area (Å²) in [5, 5.41) is 3.00. The van der Waals surface area contributed by atoms with Gasteiger partial charge in [-0.2, -0.15) is 0 Å². The fraction of sp³-hybridized carbons (Fsp3) is 0.321. The van der Waals surface area contributed by atoms with Crippen molar-refractivity contribution in [1.82, 2.24) is 19.8 Å². The van der Waals surface area contributed by atoms with Crippen LogP contribution >= 0.6 is 0 Å². The summed E-state index contributed by atoms with van der Waals surface area (Å²) in [5.41, 5.74) is 2.89. The maximum atomic E-state index is 12.9. The number of imidazole rings is 1. The van der Waals surface area contributed by atoms with Crippen molar-refractivity contribution < 1.29 is 9.59 Å². The quantitative estimate of drug-likeness (QED) is 0.289. The van der Waals surface area contributed by atoms with Gasteiger partial charge in [0.25, 0.3) is 0 Å². The predicted molar refractivity (Wildman–Crippen MR) is 137 cm³/mol. The first kappa shape index (κ1) is 25.0. The van der Waals surface area contributed by atoms with Crippen LogP contribution in [0, 0.1) is 0 Å². The van der Waals surface area contributed by atoms with Crippen molar-refractivity contribution in [2.45, 2.75) is 38.6 Å². The Morgan fingerprint density at radius 1 is 0.941 bits per heavy atom. The van der Waals surface area contributed by atoms with Crippen molar-refractivity contribution in [3.8, 4) is 0 Å². The molecule has 0 saturated heterocycles. The van der Waals surface area contributed by atoms with Crippen LogP contribution in [0.25, 0.3) is 11.0 Å². The van der Waals surface area contributed by atoms with Crippen molar-refractivity contribution in [2.75, 3.05) is 19.6 Å². The number of unbranched alkanes of at least 4 members (excludes halogenated alkanes) is 2. The minimum Gasteiger partial charge on any atom is -0.356 e. The first-order valence-corrected chi connectivity index (χ1v) is 11.9. The van der Waals surface area contributed by atoms with Crippen LogP contribution in [0.15, 0.2) is 79.9 Å². The molecular weight excluding hydrogens is 424 g/mol. The number of hydrogen-bond acceptors (Lipinski definition) is 3. The van der Waals surface area contributed by atoms with Crippen LogP contribution in [0.2, 0.25) is 0 Å². The second-order valence-corrected chi connectivity index (χ2v) is 8.30. The summed E-state index contributed by atoms with van der Waals surface area (Å²) >= 11 is 0. The Labute approximate surface area is 202 Å². The largest absolute Gasteiger partial charge is 0.356 e. The van der Waals surface area contributed by atoms with Gasteiger partial charge in [0.1, 0.15) is 12.4 Å². The van der Waals surface area contributed by atoms with Crippen molar-refractivity contribution in [1.29, 1.82) is 0 Å². The second kappa shape index (κ2) is 13.1. The highest BCUT2D eigenvalue weighted by atomic mass is 16.2. The molecule has 34 heavy (non-hydrogen) atoms. The summed E-state index contributed by atoms with van der Waals surface area (Å²) in [4.78, 5) is 31.6. The Morgan fingerprint density at radius 3 is 2.38 bits per heavy atom. The van der Waals surface area contributed by atoms with E-state index in [-0.39, 0.29) is 18.4 Å². The summed E-state index contributed by atoms with van der Waals surface area (Å²) in [7, 11) is 0. The number of fused-ring (bicyclic) bond motifs is 1. The van der Waals surface area contributed by atoms with Gasteiger partial charge in [0.05, 0.1) is 17.5 Å². The molecule has 0 aliphatic rings.